The molecule has 0 bridgehead atoms. The van der Waals surface area contributed by atoms with E-state index in [1.54, 1.807) is 19.1 Å². The van der Waals surface area contributed by atoms with Gasteiger partial charge in [-0.15, -0.1) is 11.3 Å². The van der Waals surface area contributed by atoms with Crippen LogP contribution in [0.2, 0.25) is 0 Å². The first-order chi connectivity index (χ1) is 12.5. The minimum absolute atomic E-state index is 0.0815. The summed E-state index contributed by atoms with van der Waals surface area (Å²) in [6.45, 7) is 1.97. The second-order valence-corrected chi connectivity index (χ2v) is 8.71. The van der Waals surface area contributed by atoms with Gasteiger partial charge in [0.25, 0.3) is 10.0 Å². The number of fused-ring (bicyclic) bond motifs is 1. The van der Waals surface area contributed by atoms with Gasteiger partial charge in [-0.1, -0.05) is 6.07 Å². The smallest absolute Gasteiger partial charge is 0.341 e. The minimum Gasteiger partial charge on any atom is -0.497 e. The molecule has 3 rings (SSSR count). The Morgan fingerprint density at radius 2 is 2.04 bits per heavy atom. The van der Waals surface area contributed by atoms with Crippen molar-refractivity contribution in [2.45, 2.75) is 37.5 Å². The number of esters is 1. The Balaban J connectivity index is 2.00. The second-order valence-electron chi connectivity index (χ2n) is 5.92. The van der Waals surface area contributed by atoms with Crippen LogP contribution in [0.3, 0.4) is 0 Å². The third-order valence-electron chi connectivity index (χ3n) is 4.23. The molecule has 1 aromatic carbocycles. The van der Waals surface area contributed by atoms with E-state index in [0.29, 0.717) is 16.3 Å². The van der Waals surface area contributed by atoms with Crippen molar-refractivity contribution in [3.63, 3.8) is 0 Å². The van der Waals surface area contributed by atoms with Crippen molar-refractivity contribution in [1.29, 1.82) is 0 Å². The second kappa shape index (κ2) is 7.67. The molecule has 26 heavy (non-hydrogen) atoms. The van der Waals surface area contributed by atoms with Gasteiger partial charge in [-0.05, 0) is 50.3 Å². The fraction of sp³-hybridized carbons (Fsp3) is 0.389. The molecule has 0 aliphatic heterocycles. The van der Waals surface area contributed by atoms with E-state index in [2.05, 4.69) is 4.72 Å². The highest BCUT2D eigenvalue weighted by Gasteiger charge is 2.29. The van der Waals surface area contributed by atoms with Crippen molar-refractivity contribution in [3.05, 3.63) is 40.3 Å². The molecule has 8 heteroatoms. The van der Waals surface area contributed by atoms with Crippen molar-refractivity contribution in [2.75, 3.05) is 18.4 Å². The van der Waals surface area contributed by atoms with Gasteiger partial charge in [0.1, 0.15) is 10.8 Å². The van der Waals surface area contributed by atoms with Crippen LogP contribution in [0.15, 0.2) is 29.2 Å². The standard InChI is InChI=1S/C18H21NO5S2/c1-3-24-18(20)16-14-9-4-5-10-15(14)25-17(16)19-26(21,22)13-8-6-7-12(11-13)23-2/h6-8,11,19H,3-5,9-10H2,1-2H3. The van der Waals surface area contributed by atoms with E-state index in [1.807, 2.05) is 0 Å². The number of thiophene rings is 1. The molecule has 0 saturated heterocycles. The first-order valence-electron chi connectivity index (χ1n) is 8.44. The van der Waals surface area contributed by atoms with Gasteiger partial charge >= 0.3 is 5.97 Å². The van der Waals surface area contributed by atoms with Gasteiger partial charge in [0.05, 0.1) is 24.2 Å². The summed E-state index contributed by atoms with van der Waals surface area (Å²) < 4.78 is 38.5. The molecule has 0 saturated carbocycles. The molecule has 0 atom stereocenters. The number of carbonyl (C=O) groups is 1. The molecule has 0 spiro atoms. The van der Waals surface area contributed by atoms with Crippen LogP contribution < -0.4 is 9.46 Å². The highest BCUT2D eigenvalue weighted by molar-refractivity contribution is 7.93. The van der Waals surface area contributed by atoms with Crippen molar-refractivity contribution in [3.8, 4) is 5.75 Å². The van der Waals surface area contributed by atoms with Crippen molar-refractivity contribution < 1.29 is 22.7 Å². The molecule has 1 aliphatic rings. The first-order valence-corrected chi connectivity index (χ1v) is 10.7. The number of benzene rings is 1. The molecular formula is C18H21NO5S2. The van der Waals surface area contributed by atoms with Crippen molar-refractivity contribution in [2.24, 2.45) is 0 Å². The normalized spacial score (nSPS) is 13.8. The van der Waals surface area contributed by atoms with Gasteiger partial charge in [0.15, 0.2) is 0 Å². The summed E-state index contributed by atoms with van der Waals surface area (Å²) in [5, 5.41) is 0.332. The summed E-state index contributed by atoms with van der Waals surface area (Å²) in [6, 6.07) is 6.22. The predicted octanol–water partition coefficient (Wildman–Crippen LogP) is 3.61. The molecule has 0 unspecified atom stereocenters. The van der Waals surface area contributed by atoms with Crippen LogP contribution in [0.5, 0.6) is 5.75 Å². The Hall–Kier alpha value is -2.06. The van der Waals surface area contributed by atoms with Gasteiger partial charge in [-0.2, -0.15) is 0 Å². The average molecular weight is 396 g/mol. The van der Waals surface area contributed by atoms with Crippen LogP contribution in [0.1, 0.15) is 40.6 Å². The third kappa shape index (κ3) is 3.71. The van der Waals surface area contributed by atoms with Crippen LogP contribution in [0.4, 0.5) is 5.00 Å². The molecule has 1 N–H and O–H groups in total. The highest BCUT2D eigenvalue weighted by Crippen LogP contribution is 2.39. The monoisotopic (exact) mass is 395 g/mol. The summed E-state index contributed by atoms with van der Waals surface area (Å²) >= 11 is 1.33. The zero-order chi connectivity index (χ0) is 18.7. The van der Waals surface area contributed by atoms with Gasteiger partial charge < -0.3 is 9.47 Å². The van der Waals surface area contributed by atoms with Crippen LogP contribution >= 0.6 is 11.3 Å². The SMILES string of the molecule is CCOC(=O)c1c(NS(=O)(=O)c2cccc(OC)c2)sc2c1CCCC2. The van der Waals surface area contributed by atoms with Crippen molar-refractivity contribution >= 4 is 32.3 Å². The summed E-state index contributed by atoms with van der Waals surface area (Å²) in [5.74, 6) is -0.0285. The van der Waals surface area contributed by atoms with E-state index in [9.17, 15) is 13.2 Å². The lowest BCUT2D eigenvalue weighted by molar-refractivity contribution is 0.0526. The van der Waals surface area contributed by atoms with E-state index in [1.165, 1.54) is 30.6 Å². The minimum atomic E-state index is -3.84. The maximum Gasteiger partial charge on any atom is 0.341 e. The number of carbonyl (C=O) groups excluding carboxylic acids is 1. The molecule has 140 valence electrons. The average Bonchev–Trinajstić information content (AvgIpc) is 2.99. The molecule has 0 fully saturated rings. The Labute approximate surface area is 157 Å². The van der Waals surface area contributed by atoms with Crippen LogP contribution in [-0.4, -0.2) is 28.1 Å². The van der Waals surface area contributed by atoms with E-state index >= 15 is 0 Å². The molecule has 1 aliphatic carbocycles. The number of anilines is 1. The van der Waals surface area contributed by atoms with Crippen LogP contribution in [0.25, 0.3) is 0 Å². The van der Waals surface area contributed by atoms with Gasteiger partial charge in [-0.25, -0.2) is 13.2 Å². The molecule has 0 radical (unpaired) electrons. The summed E-state index contributed by atoms with van der Waals surface area (Å²) in [7, 11) is -2.37. The maximum absolute atomic E-state index is 12.8. The molecule has 1 heterocycles. The zero-order valence-corrected chi connectivity index (χ0v) is 16.3. The maximum atomic E-state index is 12.8. The number of rotatable bonds is 6. The summed E-state index contributed by atoms with van der Waals surface area (Å²) in [4.78, 5) is 13.6. The fourth-order valence-corrected chi connectivity index (χ4v) is 5.62. The van der Waals surface area contributed by atoms with E-state index in [4.69, 9.17) is 9.47 Å². The molecule has 1 aromatic heterocycles. The lowest BCUT2D eigenvalue weighted by atomic mass is 9.95. The molecular weight excluding hydrogens is 374 g/mol. The number of ether oxygens (including phenoxy) is 2. The van der Waals surface area contributed by atoms with Gasteiger partial charge in [0, 0.05) is 10.9 Å². The summed E-state index contributed by atoms with van der Waals surface area (Å²) in [5.41, 5.74) is 1.28. The number of sulfonamides is 1. The Morgan fingerprint density at radius 1 is 1.27 bits per heavy atom. The number of hydrogen-bond acceptors (Lipinski definition) is 6. The predicted molar refractivity (Wildman–Crippen MR) is 101 cm³/mol. The fourth-order valence-electron chi connectivity index (χ4n) is 3.01. The lowest BCUT2D eigenvalue weighted by Crippen LogP contribution is -2.16. The Kier molecular flexibility index (Phi) is 5.52. The zero-order valence-electron chi connectivity index (χ0n) is 14.7. The molecule has 0 amide bonds. The Morgan fingerprint density at radius 3 is 2.77 bits per heavy atom. The Bertz CT molecular complexity index is 918. The number of nitrogens with one attached hydrogen (secondary N) is 1. The molecule has 2 aromatic rings. The van der Waals surface area contributed by atoms with Crippen LogP contribution in [0, 0.1) is 0 Å². The van der Waals surface area contributed by atoms with Crippen molar-refractivity contribution in [1.82, 2.24) is 0 Å². The van der Waals surface area contributed by atoms with Gasteiger partial charge in [-0.3, -0.25) is 4.72 Å². The van der Waals surface area contributed by atoms with Crippen LogP contribution in [-0.2, 0) is 27.6 Å². The van der Waals surface area contributed by atoms with E-state index < -0.39 is 16.0 Å². The highest BCUT2D eigenvalue weighted by atomic mass is 32.2. The lowest BCUT2D eigenvalue weighted by Gasteiger charge is -2.12. The van der Waals surface area contributed by atoms with E-state index in [0.717, 1.165) is 36.1 Å². The third-order valence-corrected chi connectivity index (χ3v) is 6.91. The topological polar surface area (TPSA) is 81.7 Å². The van der Waals surface area contributed by atoms with Gasteiger partial charge in [0.2, 0.25) is 0 Å². The quantitative estimate of drug-likeness (QED) is 0.756. The number of hydrogen-bond donors (Lipinski definition) is 1. The molecule has 6 nitrogen and oxygen atoms in total. The first kappa shape index (κ1) is 18.7. The summed E-state index contributed by atoms with van der Waals surface area (Å²) in [6.07, 6.45) is 3.64. The van der Waals surface area contributed by atoms with E-state index in [-0.39, 0.29) is 11.5 Å². The number of methoxy groups -OCH3 is 1. The number of aryl methyl sites for hydroxylation is 1. The largest absolute Gasteiger partial charge is 0.497 e.